The summed E-state index contributed by atoms with van der Waals surface area (Å²) in [5.74, 6) is -1.31. The standard InChI is InChI=1S/C19H21FN2O3S/c1-2-14-7-3-4-8-17(14)21-19(23)15-9-10-16(20)18(13-15)26(24,25)22-11-5-6-12-22/h3-4,7-10,13H,2,5-6,11-12H2,1H3,(H,21,23). The van der Waals surface area contributed by atoms with Crippen molar-refractivity contribution in [3.05, 3.63) is 59.4 Å². The van der Waals surface area contributed by atoms with E-state index in [-0.39, 0.29) is 5.56 Å². The van der Waals surface area contributed by atoms with Crippen molar-refractivity contribution in [2.24, 2.45) is 0 Å². The molecule has 0 bridgehead atoms. The highest BCUT2D eigenvalue weighted by Gasteiger charge is 2.30. The summed E-state index contributed by atoms with van der Waals surface area (Å²) in [7, 11) is -3.93. The molecule has 1 N–H and O–H groups in total. The molecule has 0 saturated carbocycles. The van der Waals surface area contributed by atoms with Crippen LogP contribution in [0.2, 0.25) is 0 Å². The van der Waals surface area contributed by atoms with Crippen LogP contribution in [0.25, 0.3) is 0 Å². The van der Waals surface area contributed by atoms with Gasteiger partial charge in [-0.2, -0.15) is 4.31 Å². The maximum Gasteiger partial charge on any atom is 0.255 e. The van der Waals surface area contributed by atoms with Gasteiger partial charge in [0.05, 0.1) is 0 Å². The lowest BCUT2D eigenvalue weighted by Gasteiger charge is -2.17. The maximum absolute atomic E-state index is 14.2. The molecule has 1 fully saturated rings. The minimum atomic E-state index is -3.93. The average molecular weight is 376 g/mol. The zero-order chi connectivity index (χ0) is 18.7. The molecule has 1 saturated heterocycles. The molecule has 138 valence electrons. The first-order valence-corrected chi connectivity index (χ1v) is 10.1. The van der Waals surface area contributed by atoms with Crippen molar-refractivity contribution in [3.8, 4) is 0 Å². The van der Waals surface area contributed by atoms with Gasteiger partial charge in [0, 0.05) is 24.3 Å². The Labute approximate surface area is 152 Å². The quantitative estimate of drug-likeness (QED) is 0.869. The topological polar surface area (TPSA) is 66.5 Å². The lowest BCUT2D eigenvalue weighted by molar-refractivity contribution is 0.102. The van der Waals surface area contributed by atoms with Crippen molar-refractivity contribution in [1.29, 1.82) is 0 Å². The molecule has 0 aliphatic carbocycles. The zero-order valence-electron chi connectivity index (χ0n) is 14.5. The van der Waals surface area contributed by atoms with Gasteiger partial charge in [-0.3, -0.25) is 4.79 Å². The molecular weight excluding hydrogens is 355 g/mol. The first-order valence-electron chi connectivity index (χ1n) is 8.62. The van der Waals surface area contributed by atoms with Gasteiger partial charge in [-0.05, 0) is 49.1 Å². The van der Waals surface area contributed by atoms with Gasteiger partial charge in [-0.1, -0.05) is 25.1 Å². The second-order valence-electron chi connectivity index (χ2n) is 6.22. The van der Waals surface area contributed by atoms with Crippen molar-refractivity contribution < 1.29 is 17.6 Å². The predicted molar refractivity (Wildman–Crippen MR) is 98.2 cm³/mol. The Balaban J connectivity index is 1.90. The first kappa shape index (κ1) is 18.5. The van der Waals surface area contributed by atoms with Crippen molar-refractivity contribution in [1.82, 2.24) is 4.31 Å². The number of nitrogens with zero attached hydrogens (tertiary/aromatic N) is 1. The van der Waals surface area contributed by atoms with Gasteiger partial charge in [0.2, 0.25) is 10.0 Å². The molecule has 3 rings (SSSR count). The average Bonchev–Trinajstić information content (AvgIpc) is 3.18. The first-order chi connectivity index (χ1) is 12.4. The minimum absolute atomic E-state index is 0.107. The van der Waals surface area contributed by atoms with Crippen LogP contribution in [0, 0.1) is 5.82 Å². The highest BCUT2D eigenvalue weighted by molar-refractivity contribution is 7.89. The van der Waals surface area contributed by atoms with Gasteiger partial charge in [0.1, 0.15) is 10.7 Å². The number of para-hydroxylation sites is 1. The molecule has 0 radical (unpaired) electrons. The van der Waals surface area contributed by atoms with E-state index in [2.05, 4.69) is 5.32 Å². The fraction of sp³-hybridized carbons (Fsp3) is 0.316. The number of sulfonamides is 1. The van der Waals surface area contributed by atoms with Gasteiger partial charge in [0.15, 0.2) is 0 Å². The normalized spacial score (nSPS) is 15.2. The number of anilines is 1. The van der Waals surface area contributed by atoms with E-state index in [9.17, 15) is 17.6 Å². The number of hydrogen-bond acceptors (Lipinski definition) is 3. The van der Waals surface area contributed by atoms with Crippen molar-refractivity contribution >= 4 is 21.6 Å². The summed E-state index contributed by atoms with van der Waals surface area (Å²) in [6, 6.07) is 10.8. The Kier molecular flexibility index (Phi) is 5.38. The van der Waals surface area contributed by atoms with Crippen molar-refractivity contribution in [3.63, 3.8) is 0 Å². The Hall–Kier alpha value is -2.25. The summed E-state index contributed by atoms with van der Waals surface area (Å²) < 4.78 is 40.7. The van der Waals surface area contributed by atoms with Gasteiger partial charge < -0.3 is 5.32 Å². The summed E-state index contributed by atoms with van der Waals surface area (Å²) in [5.41, 5.74) is 1.73. The summed E-state index contributed by atoms with van der Waals surface area (Å²) >= 11 is 0. The third-order valence-electron chi connectivity index (χ3n) is 4.52. The Bertz CT molecular complexity index is 922. The Morgan fingerprint density at radius 2 is 1.85 bits per heavy atom. The zero-order valence-corrected chi connectivity index (χ0v) is 15.4. The number of carbonyl (C=O) groups excluding carboxylic acids is 1. The number of aryl methyl sites for hydroxylation is 1. The van der Waals surface area contributed by atoms with E-state index in [0.717, 1.165) is 37.0 Å². The minimum Gasteiger partial charge on any atom is -0.322 e. The fourth-order valence-electron chi connectivity index (χ4n) is 3.05. The van der Waals surface area contributed by atoms with Gasteiger partial charge in [-0.15, -0.1) is 0 Å². The summed E-state index contributed by atoms with van der Waals surface area (Å²) in [6.45, 7) is 2.73. The predicted octanol–water partition coefficient (Wildman–Crippen LogP) is 3.42. The second-order valence-corrected chi connectivity index (χ2v) is 8.13. The summed E-state index contributed by atoms with van der Waals surface area (Å²) in [4.78, 5) is 12.1. The number of carbonyl (C=O) groups is 1. The van der Waals surface area contributed by atoms with Crippen molar-refractivity contribution in [2.45, 2.75) is 31.1 Å². The monoisotopic (exact) mass is 376 g/mol. The molecule has 1 aliphatic heterocycles. The number of nitrogens with one attached hydrogen (secondary N) is 1. The molecule has 0 aromatic heterocycles. The smallest absolute Gasteiger partial charge is 0.255 e. The van der Waals surface area contributed by atoms with Crippen LogP contribution in [0.15, 0.2) is 47.4 Å². The number of amides is 1. The van der Waals surface area contributed by atoms with Crippen LogP contribution in [0.5, 0.6) is 0 Å². The number of hydrogen-bond donors (Lipinski definition) is 1. The third-order valence-corrected chi connectivity index (χ3v) is 6.44. The highest BCUT2D eigenvalue weighted by Crippen LogP contribution is 2.25. The number of halogens is 1. The van der Waals surface area contributed by atoms with Crippen LogP contribution in [0.1, 0.15) is 35.7 Å². The Morgan fingerprint density at radius 3 is 2.54 bits per heavy atom. The van der Waals surface area contributed by atoms with Crippen LogP contribution >= 0.6 is 0 Å². The fourth-order valence-corrected chi connectivity index (χ4v) is 4.66. The van der Waals surface area contributed by atoms with Gasteiger partial charge in [-0.25, -0.2) is 12.8 Å². The van der Waals surface area contributed by atoms with Crippen LogP contribution in [-0.4, -0.2) is 31.7 Å². The molecule has 26 heavy (non-hydrogen) atoms. The van der Waals surface area contributed by atoms with Gasteiger partial charge >= 0.3 is 0 Å². The van der Waals surface area contributed by atoms with Gasteiger partial charge in [0.25, 0.3) is 5.91 Å². The molecule has 2 aromatic rings. The van der Waals surface area contributed by atoms with E-state index in [1.807, 2.05) is 25.1 Å². The van der Waals surface area contributed by atoms with E-state index in [1.165, 1.54) is 10.4 Å². The van der Waals surface area contributed by atoms with Crippen LogP contribution < -0.4 is 5.32 Å². The second kappa shape index (κ2) is 7.55. The van der Waals surface area contributed by atoms with Crippen LogP contribution in [0.3, 0.4) is 0 Å². The highest BCUT2D eigenvalue weighted by atomic mass is 32.2. The third kappa shape index (κ3) is 3.64. The molecular formula is C19H21FN2O3S. The van der Waals surface area contributed by atoms with E-state index < -0.39 is 26.6 Å². The molecule has 0 spiro atoms. The molecule has 1 amide bonds. The molecule has 7 heteroatoms. The summed E-state index contributed by atoms with van der Waals surface area (Å²) in [5, 5.41) is 2.78. The van der Waals surface area contributed by atoms with Crippen LogP contribution in [-0.2, 0) is 16.4 Å². The SMILES string of the molecule is CCc1ccccc1NC(=O)c1ccc(F)c(S(=O)(=O)N2CCCC2)c1. The van der Waals surface area contributed by atoms with E-state index in [0.29, 0.717) is 18.8 Å². The molecule has 0 atom stereocenters. The van der Waals surface area contributed by atoms with E-state index >= 15 is 0 Å². The molecule has 5 nitrogen and oxygen atoms in total. The molecule has 1 heterocycles. The van der Waals surface area contributed by atoms with E-state index in [4.69, 9.17) is 0 Å². The number of rotatable bonds is 5. The Morgan fingerprint density at radius 1 is 1.15 bits per heavy atom. The lowest BCUT2D eigenvalue weighted by Crippen LogP contribution is -2.29. The molecule has 1 aliphatic rings. The largest absolute Gasteiger partial charge is 0.322 e. The number of benzene rings is 2. The lowest BCUT2D eigenvalue weighted by atomic mass is 10.1. The van der Waals surface area contributed by atoms with Crippen molar-refractivity contribution in [2.75, 3.05) is 18.4 Å². The molecule has 2 aromatic carbocycles. The summed E-state index contributed by atoms with van der Waals surface area (Å²) in [6.07, 6.45) is 2.26. The van der Waals surface area contributed by atoms with Crippen LogP contribution in [0.4, 0.5) is 10.1 Å². The molecule has 0 unspecified atom stereocenters. The van der Waals surface area contributed by atoms with E-state index in [1.54, 1.807) is 6.07 Å². The maximum atomic E-state index is 14.2.